The average Bonchev–Trinajstić information content (AvgIpc) is 3.49. The Labute approximate surface area is 160 Å². The number of fused-ring (bicyclic) bond motifs is 4. The van der Waals surface area contributed by atoms with Crippen LogP contribution in [-0.4, -0.2) is 47.7 Å². The average molecular weight is 374 g/mol. The molecule has 5 nitrogen and oxygen atoms in total. The standard InChI is InChI=1S/C22H30O5/c1-11(2)21-8-13(21)15-22(27-15)19(4)7-6-12-14(9-25-16(12)23)18(19,3)10-26-20(22,5)17(21)24/h11,13,15,17,24H,6-10H2,1-5H3/t13-,15-,17+,18-,19-,20+,21+,22+/m0/s1. The number of carbonyl (C=O) groups is 1. The first-order valence-electron chi connectivity index (χ1n) is 10.5. The van der Waals surface area contributed by atoms with Gasteiger partial charge in [-0.15, -0.1) is 0 Å². The fourth-order valence-electron chi connectivity index (χ4n) is 8.13. The number of esters is 1. The first-order chi connectivity index (χ1) is 12.6. The number of carbonyl (C=O) groups excluding carboxylic acids is 1. The van der Waals surface area contributed by atoms with Gasteiger partial charge in [0.2, 0.25) is 0 Å². The monoisotopic (exact) mass is 374 g/mol. The van der Waals surface area contributed by atoms with Gasteiger partial charge in [-0.2, -0.15) is 0 Å². The van der Waals surface area contributed by atoms with Crippen molar-refractivity contribution in [3.8, 4) is 0 Å². The minimum absolute atomic E-state index is 0.0744. The van der Waals surface area contributed by atoms with Crippen LogP contribution in [0.4, 0.5) is 0 Å². The number of hydrogen-bond acceptors (Lipinski definition) is 5. The van der Waals surface area contributed by atoms with Crippen molar-refractivity contribution in [3.05, 3.63) is 11.1 Å². The predicted octanol–water partition coefficient (Wildman–Crippen LogP) is 2.61. The van der Waals surface area contributed by atoms with Crippen molar-refractivity contribution in [2.45, 2.75) is 77.3 Å². The van der Waals surface area contributed by atoms with Crippen LogP contribution in [0.1, 0.15) is 53.9 Å². The molecule has 27 heavy (non-hydrogen) atoms. The number of aliphatic hydroxyl groups is 1. The van der Waals surface area contributed by atoms with Crippen molar-refractivity contribution < 1.29 is 24.1 Å². The van der Waals surface area contributed by atoms with E-state index in [0.29, 0.717) is 25.0 Å². The third-order valence-electron chi connectivity index (χ3n) is 10.2. The summed E-state index contributed by atoms with van der Waals surface area (Å²) >= 11 is 0. The molecule has 0 aromatic heterocycles. The van der Waals surface area contributed by atoms with Crippen LogP contribution < -0.4 is 0 Å². The first-order valence-corrected chi connectivity index (χ1v) is 10.5. The lowest BCUT2D eigenvalue weighted by Crippen LogP contribution is -2.75. The van der Waals surface area contributed by atoms with Crippen LogP contribution in [0.2, 0.25) is 0 Å². The summed E-state index contributed by atoms with van der Waals surface area (Å²) in [4.78, 5) is 12.2. The second kappa shape index (κ2) is 4.31. The van der Waals surface area contributed by atoms with E-state index in [1.54, 1.807) is 0 Å². The number of aliphatic hydroxyl groups excluding tert-OH is 1. The number of hydrogen-bond donors (Lipinski definition) is 1. The molecule has 3 aliphatic carbocycles. The lowest BCUT2D eigenvalue weighted by molar-refractivity contribution is -0.280. The SMILES string of the molecule is CC(C)[C@]12C[C@H]1[C@@H]1O[C@@]13[C@@]1(C)CCC4=C(COC4=O)[C@]1(C)CO[C@]3(C)[C@H]2O. The summed E-state index contributed by atoms with van der Waals surface area (Å²) in [6.45, 7) is 11.9. The fraction of sp³-hybridized carbons (Fsp3) is 0.864. The molecule has 0 unspecified atom stereocenters. The largest absolute Gasteiger partial charge is 0.458 e. The van der Waals surface area contributed by atoms with Crippen molar-refractivity contribution in [2.75, 3.05) is 13.2 Å². The molecule has 3 aliphatic heterocycles. The first kappa shape index (κ1) is 17.0. The fourth-order valence-corrected chi connectivity index (χ4v) is 8.13. The van der Waals surface area contributed by atoms with Crippen LogP contribution in [-0.2, 0) is 19.0 Å². The Morgan fingerprint density at radius 1 is 1.22 bits per heavy atom. The van der Waals surface area contributed by atoms with E-state index in [9.17, 15) is 9.90 Å². The summed E-state index contributed by atoms with van der Waals surface area (Å²) in [7, 11) is 0. The molecule has 0 aromatic carbocycles. The Balaban J connectivity index is 1.51. The lowest BCUT2D eigenvalue weighted by Gasteiger charge is -2.64. The summed E-state index contributed by atoms with van der Waals surface area (Å²) in [6, 6.07) is 0. The van der Waals surface area contributed by atoms with Gasteiger partial charge in [0.1, 0.15) is 17.8 Å². The molecule has 1 spiro atoms. The van der Waals surface area contributed by atoms with Gasteiger partial charge < -0.3 is 19.3 Å². The topological polar surface area (TPSA) is 68.3 Å². The van der Waals surface area contributed by atoms with Crippen LogP contribution >= 0.6 is 0 Å². The van der Waals surface area contributed by atoms with Gasteiger partial charge in [0.25, 0.3) is 0 Å². The van der Waals surface area contributed by atoms with Crippen molar-refractivity contribution in [2.24, 2.45) is 28.1 Å². The Kier molecular flexibility index (Phi) is 2.72. The van der Waals surface area contributed by atoms with Gasteiger partial charge in [-0.25, -0.2) is 4.79 Å². The van der Waals surface area contributed by atoms with Crippen molar-refractivity contribution in [1.82, 2.24) is 0 Å². The minimum atomic E-state index is -0.704. The molecule has 6 rings (SSSR count). The van der Waals surface area contributed by atoms with E-state index < -0.39 is 17.3 Å². The van der Waals surface area contributed by atoms with Gasteiger partial charge in [-0.3, -0.25) is 0 Å². The van der Waals surface area contributed by atoms with Crippen molar-refractivity contribution in [3.63, 3.8) is 0 Å². The van der Waals surface area contributed by atoms with Crippen LogP contribution in [0.3, 0.4) is 0 Å². The number of ether oxygens (including phenoxy) is 3. The zero-order valence-electron chi connectivity index (χ0n) is 16.9. The molecule has 0 aromatic rings. The van der Waals surface area contributed by atoms with E-state index in [1.165, 1.54) is 0 Å². The molecule has 6 aliphatic rings. The Morgan fingerprint density at radius 2 is 1.96 bits per heavy atom. The highest BCUT2D eigenvalue weighted by atomic mass is 16.7. The maximum atomic E-state index is 12.2. The highest BCUT2D eigenvalue weighted by Gasteiger charge is 2.93. The van der Waals surface area contributed by atoms with E-state index >= 15 is 0 Å². The summed E-state index contributed by atoms with van der Waals surface area (Å²) in [6.07, 6.45) is 2.27. The van der Waals surface area contributed by atoms with Gasteiger partial charge in [0.15, 0.2) is 0 Å². The Bertz CT molecular complexity index is 818. The molecule has 8 atom stereocenters. The van der Waals surface area contributed by atoms with Gasteiger partial charge in [-0.05, 0) is 43.6 Å². The Morgan fingerprint density at radius 3 is 2.67 bits per heavy atom. The lowest BCUT2D eigenvalue weighted by atomic mass is 9.44. The second-order valence-electron chi connectivity index (χ2n) is 10.8. The highest BCUT2D eigenvalue weighted by Crippen LogP contribution is 2.83. The van der Waals surface area contributed by atoms with Gasteiger partial charge >= 0.3 is 5.97 Å². The van der Waals surface area contributed by atoms with E-state index in [4.69, 9.17) is 14.2 Å². The van der Waals surface area contributed by atoms with Crippen molar-refractivity contribution >= 4 is 5.97 Å². The molecule has 4 fully saturated rings. The quantitative estimate of drug-likeness (QED) is 0.564. The molecule has 2 saturated heterocycles. The minimum Gasteiger partial charge on any atom is -0.458 e. The molecule has 148 valence electrons. The van der Waals surface area contributed by atoms with E-state index in [0.717, 1.165) is 30.4 Å². The summed E-state index contributed by atoms with van der Waals surface area (Å²) < 4.78 is 18.7. The number of epoxide rings is 1. The molecule has 1 N–H and O–H groups in total. The van der Waals surface area contributed by atoms with E-state index in [2.05, 4.69) is 34.6 Å². The number of rotatable bonds is 1. The molecule has 5 heteroatoms. The van der Waals surface area contributed by atoms with Crippen LogP contribution in [0.25, 0.3) is 0 Å². The zero-order chi connectivity index (χ0) is 19.2. The Hall–Kier alpha value is -0.910. The maximum absolute atomic E-state index is 12.2. The summed E-state index contributed by atoms with van der Waals surface area (Å²) in [5.41, 5.74) is 0.230. The van der Waals surface area contributed by atoms with Gasteiger partial charge in [0.05, 0.1) is 18.8 Å². The second-order valence-corrected chi connectivity index (χ2v) is 10.8. The normalized spacial score (nSPS) is 60.1. The highest BCUT2D eigenvalue weighted by molar-refractivity contribution is 5.92. The third kappa shape index (κ3) is 1.39. The van der Waals surface area contributed by atoms with Crippen molar-refractivity contribution in [1.29, 1.82) is 0 Å². The van der Waals surface area contributed by atoms with E-state index in [1.807, 2.05) is 0 Å². The van der Waals surface area contributed by atoms with Crippen LogP contribution in [0.15, 0.2) is 11.1 Å². The van der Waals surface area contributed by atoms with Crippen LogP contribution in [0.5, 0.6) is 0 Å². The number of cyclic esters (lactones) is 1. The molecule has 0 bridgehead atoms. The molecule has 0 amide bonds. The van der Waals surface area contributed by atoms with Gasteiger partial charge in [-0.1, -0.05) is 27.7 Å². The summed E-state index contributed by atoms with van der Waals surface area (Å²) in [5, 5.41) is 11.6. The third-order valence-corrected chi connectivity index (χ3v) is 10.2. The van der Waals surface area contributed by atoms with Crippen LogP contribution in [0, 0.1) is 28.1 Å². The van der Waals surface area contributed by atoms with Gasteiger partial charge in [0, 0.05) is 21.8 Å². The predicted molar refractivity (Wildman–Crippen MR) is 96.8 cm³/mol. The molecule has 2 saturated carbocycles. The van der Waals surface area contributed by atoms with E-state index in [-0.39, 0.29) is 28.3 Å². The molecular formula is C22H30O5. The molecule has 0 radical (unpaired) electrons. The summed E-state index contributed by atoms with van der Waals surface area (Å²) in [5.74, 6) is 0.667. The molecular weight excluding hydrogens is 344 g/mol. The maximum Gasteiger partial charge on any atom is 0.334 e. The zero-order valence-corrected chi connectivity index (χ0v) is 16.9. The smallest absolute Gasteiger partial charge is 0.334 e. The molecule has 3 heterocycles.